The molecule has 1 heterocycles. The van der Waals surface area contributed by atoms with Crippen LogP contribution in [0.4, 0.5) is 0 Å². The highest BCUT2D eigenvalue weighted by Crippen LogP contribution is 2.22. The summed E-state index contributed by atoms with van der Waals surface area (Å²) in [6.07, 6.45) is 1.87. The molecule has 2 aromatic rings. The first-order valence-electron chi connectivity index (χ1n) is 9.88. The quantitative estimate of drug-likeness (QED) is 0.744. The van der Waals surface area contributed by atoms with Gasteiger partial charge in [0.05, 0.1) is 6.61 Å². The molecule has 0 saturated carbocycles. The molecule has 0 aromatic heterocycles. The predicted molar refractivity (Wildman–Crippen MR) is 109 cm³/mol. The third-order valence-corrected chi connectivity index (χ3v) is 5.19. The van der Waals surface area contributed by atoms with Gasteiger partial charge in [-0.2, -0.15) is 0 Å². The molecule has 0 bridgehead atoms. The van der Waals surface area contributed by atoms with Crippen LogP contribution in [-0.2, 0) is 17.9 Å². The lowest BCUT2D eigenvalue weighted by Gasteiger charge is -2.33. The molecular formula is C23H30N2O2. The largest absolute Gasteiger partial charge is 0.494 e. The van der Waals surface area contributed by atoms with Crippen LogP contribution in [0.5, 0.6) is 5.75 Å². The van der Waals surface area contributed by atoms with Crippen LogP contribution in [-0.4, -0.2) is 42.5 Å². The van der Waals surface area contributed by atoms with Crippen LogP contribution in [0.15, 0.2) is 54.6 Å². The molecule has 27 heavy (non-hydrogen) atoms. The Labute approximate surface area is 162 Å². The van der Waals surface area contributed by atoms with Gasteiger partial charge in [0.15, 0.2) is 0 Å². The second-order valence-corrected chi connectivity index (χ2v) is 7.31. The molecule has 2 aromatic carbocycles. The highest BCUT2D eigenvalue weighted by molar-refractivity contribution is 5.78. The molecule has 144 valence electrons. The number of hydrogen-bond donors (Lipinski definition) is 0. The minimum atomic E-state index is 0.143. The molecule has 1 saturated heterocycles. The SMILES string of the molecule is CCOc1cccc(CN2CCC(C(=O)N(C)Cc3ccccc3)CC2)c1. The molecule has 1 aliphatic heterocycles. The van der Waals surface area contributed by atoms with Crippen LogP contribution in [0.2, 0.25) is 0 Å². The van der Waals surface area contributed by atoms with Crippen LogP contribution in [0.1, 0.15) is 30.9 Å². The third-order valence-electron chi connectivity index (χ3n) is 5.19. The Hall–Kier alpha value is -2.33. The van der Waals surface area contributed by atoms with Crippen LogP contribution in [0, 0.1) is 5.92 Å². The second kappa shape index (κ2) is 9.56. The topological polar surface area (TPSA) is 32.8 Å². The van der Waals surface area contributed by atoms with Gasteiger partial charge in [0, 0.05) is 26.1 Å². The summed E-state index contributed by atoms with van der Waals surface area (Å²) < 4.78 is 5.59. The number of amides is 1. The Morgan fingerprint density at radius 1 is 1.07 bits per heavy atom. The molecular weight excluding hydrogens is 336 g/mol. The zero-order valence-corrected chi connectivity index (χ0v) is 16.4. The van der Waals surface area contributed by atoms with Crippen molar-refractivity contribution in [3.8, 4) is 5.75 Å². The summed E-state index contributed by atoms with van der Waals surface area (Å²) in [7, 11) is 1.92. The highest BCUT2D eigenvalue weighted by Gasteiger charge is 2.27. The fraction of sp³-hybridized carbons (Fsp3) is 0.435. The van der Waals surface area contributed by atoms with Crippen LogP contribution < -0.4 is 4.74 Å². The lowest BCUT2D eigenvalue weighted by molar-refractivity contribution is -0.136. The maximum Gasteiger partial charge on any atom is 0.225 e. The number of rotatable bonds is 7. The first kappa shape index (κ1) is 19.4. The van der Waals surface area contributed by atoms with E-state index in [1.54, 1.807) is 0 Å². The van der Waals surface area contributed by atoms with E-state index in [0.29, 0.717) is 13.2 Å². The van der Waals surface area contributed by atoms with Gasteiger partial charge in [-0.25, -0.2) is 0 Å². The van der Waals surface area contributed by atoms with Crippen LogP contribution in [0.3, 0.4) is 0 Å². The summed E-state index contributed by atoms with van der Waals surface area (Å²) in [5.74, 6) is 1.35. The monoisotopic (exact) mass is 366 g/mol. The second-order valence-electron chi connectivity index (χ2n) is 7.31. The summed E-state index contributed by atoms with van der Waals surface area (Å²) in [4.78, 5) is 17.1. The van der Waals surface area contributed by atoms with Gasteiger partial charge in [-0.05, 0) is 56.1 Å². The van der Waals surface area contributed by atoms with Gasteiger partial charge >= 0.3 is 0 Å². The van der Waals surface area contributed by atoms with Crippen molar-refractivity contribution in [3.63, 3.8) is 0 Å². The maximum atomic E-state index is 12.8. The van der Waals surface area contributed by atoms with Crippen molar-refractivity contribution in [1.82, 2.24) is 9.80 Å². The lowest BCUT2D eigenvalue weighted by atomic mass is 9.95. The number of hydrogen-bond acceptors (Lipinski definition) is 3. The van der Waals surface area contributed by atoms with Gasteiger partial charge < -0.3 is 9.64 Å². The average molecular weight is 367 g/mol. The molecule has 0 atom stereocenters. The van der Waals surface area contributed by atoms with Crippen LogP contribution in [0.25, 0.3) is 0 Å². The maximum absolute atomic E-state index is 12.8. The van der Waals surface area contributed by atoms with E-state index in [2.05, 4.69) is 35.2 Å². The molecule has 0 aliphatic carbocycles. The Balaban J connectivity index is 1.48. The van der Waals surface area contributed by atoms with Gasteiger partial charge in [0.2, 0.25) is 5.91 Å². The molecule has 4 heteroatoms. The summed E-state index contributed by atoms with van der Waals surface area (Å²) in [6.45, 7) is 6.23. The molecule has 4 nitrogen and oxygen atoms in total. The van der Waals surface area contributed by atoms with Gasteiger partial charge in [0.25, 0.3) is 0 Å². The van der Waals surface area contributed by atoms with E-state index >= 15 is 0 Å². The van der Waals surface area contributed by atoms with Crippen molar-refractivity contribution in [2.24, 2.45) is 5.92 Å². The Bertz CT molecular complexity index is 724. The first-order valence-corrected chi connectivity index (χ1v) is 9.88. The Morgan fingerprint density at radius 2 is 1.78 bits per heavy atom. The van der Waals surface area contributed by atoms with Crippen molar-refractivity contribution in [2.75, 3.05) is 26.7 Å². The number of piperidine rings is 1. The number of benzene rings is 2. The smallest absolute Gasteiger partial charge is 0.225 e. The fourth-order valence-corrected chi connectivity index (χ4v) is 3.74. The van der Waals surface area contributed by atoms with Crippen molar-refractivity contribution in [2.45, 2.75) is 32.9 Å². The van der Waals surface area contributed by atoms with Crippen molar-refractivity contribution >= 4 is 5.91 Å². The zero-order chi connectivity index (χ0) is 19.1. The number of carbonyl (C=O) groups excluding carboxylic acids is 1. The molecule has 1 amide bonds. The molecule has 0 radical (unpaired) electrons. The van der Waals surface area contributed by atoms with E-state index in [0.717, 1.165) is 38.2 Å². The molecule has 1 aliphatic rings. The Morgan fingerprint density at radius 3 is 2.48 bits per heavy atom. The van der Waals surface area contributed by atoms with Crippen molar-refractivity contribution in [3.05, 3.63) is 65.7 Å². The minimum absolute atomic E-state index is 0.143. The lowest BCUT2D eigenvalue weighted by Crippen LogP contribution is -2.40. The van der Waals surface area contributed by atoms with Crippen molar-refractivity contribution < 1.29 is 9.53 Å². The first-order chi connectivity index (χ1) is 13.2. The molecule has 0 N–H and O–H groups in total. The number of likely N-dealkylation sites (tertiary alicyclic amines) is 1. The van der Waals surface area contributed by atoms with Gasteiger partial charge in [-0.15, -0.1) is 0 Å². The molecule has 0 unspecified atom stereocenters. The van der Waals surface area contributed by atoms with E-state index < -0.39 is 0 Å². The minimum Gasteiger partial charge on any atom is -0.494 e. The fourth-order valence-electron chi connectivity index (χ4n) is 3.74. The van der Waals surface area contributed by atoms with E-state index in [9.17, 15) is 4.79 Å². The van der Waals surface area contributed by atoms with Gasteiger partial charge in [0.1, 0.15) is 5.75 Å². The van der Waals surface area contributed by atoms with Gasteiger partial charge in [-0.3, -0.25) is 9.69 Å². The van der Waals surface area contributed by atoms with E-state index in [4.69, 9.17) is 4.74 Å². The third kappa shape index (κ3) is 5.57. The van der Waals surface area contributed by atoms with E-state index in [1.165, 1.54) is 11.1 Å². The van der Waals surface area contributed by atoms with E-state index in [-0.39, 0.29) is 11.8 Å². The number of ether oxygens (including phenoxy) is 1. The normalized spacial score (nSPS) is 15.5. The molecule has 1 fully saturated rings. The van der Waals surface area contributed by atoms with Gasteiger partial charge in [-0.1, -0.05) is 42.5 Å². The summed E-state index contributed by atoms with van der Waals surface area (Å²) in [5, 5.41) is 0. The average Bonchev–Trinajstić information content (AvgIpc) is 2.69. The number of nitrogens with zero attached hydrogens (tertiary/aromatic N) is 2. The Kier molecular flexibility index (Phi) is 6.88. The zero-order valence-electron chi connectivity index (χ0n) is 16.4. The molecule has 3 rings (SSSR count). The highest BCUT2D eigenvalue weighted by atomic mass is 16.5. The molecule has 0 spiro atoms. The summed E-state index contributed by atoms with van der Waals surface area (Å²) in [6, 6.07) is 18.5. The predicted octanol–water partition coefficient (Wildman–Crippen LogP) is 3.96. The summed E-state index contributed by atoms with van der Waals surface area (Å²) in [5.41, 5.74) is 2.45. The van der Waals surface area contributed by atoms with E-state index in [1.807, 2.05) is 43.1 Å². The summed E-state index contributed by atoms with van der Waals surface area (Å²) >= 11 is 0. The van der Waals surface area contributed by atoms with Crippen molar-refractivity contribution in [1.29, 1.82) is 0 Å². The van der Waals surface area contributed by atoms with Crippen LogP contribution >= 0.6 is 0 Å². The number of carbonyl (C=O) groups is 1. The standard InChI is InChI=1S/C23H30N2O2/c1-3-27-22-11-7-10-20(16-22)18-25-14-12-21(13-15-25)23(26)24(2)17-19-8-5-4-6-9-19/h4-11,16,21H,3,12-15,17-18H2,1-2H3.